The predicted molar refractivity (Wildman–Crippen MR) is 81.2 cm³/mol. The van der Waals surface area contributed by atoms with E-state index in [1.54, 1.807) is 6.07 Å². The monoisotopic (exact) mass is 342 g/mol. The lowest BCUT2D eigenvalue weighted by molar-refractivity contribution is 0.0560. The molecule has 132 valence electrons. The fraction of sp³-hybridized carbons (Fsp3) is 0.467. The number of hydrogen-bond donors (Lipinski definition) is 2. The molecule has 1 aromatic carbocycles. The second-order valence-corrected chi connectivity index (χ2v) is 5.27. The number of methoxy groups -OCH3 is 1. The van der Waals surface area contributed by atoms with Crippen molar-refractivity contribution in [2.75, 3.05) is 33.4 Å². The summed E-state index contributed by atoms with van der Waals surface area (Å²) >= 11 is 0. The van der Waals surface area contributed by atoms with Gasteiger partial charge >= 0.3 is 12.2 Å². The lowest BCUT2D eigenvalue weighted by atomic mass is 10.1. The summed E-state index contributed by atoms with van der Waals surface area (Å²) in [5.41, 5.74) is 0. The van der Waals surface area contributed by atoms with Gasteiger partial charge in [0.2, 0.25) is 5.82 Å². The van der Waals surface area contributed by atoms with Crippen molar-refractivity contribution >= 4 is 12.2 Å². The Bertz CT molecular complexity index is 612. The number of piperazine rings is 1. The molecule has 1 aromatic rings. The second kappa shape index (κ2) is 7.71. The van der Waals surface area contributed by atoms with Gasteiger partial charge in [-0.25, -0.2) is 9.59 Å². The van der Waals surface area contributed by atoms with Crippen LogP contribution in [0.5, 0.6) is 11.5 Å². The van der Waals surface area contributed by atoms with E-state index in [4.69, 9.17) is 14.6 Å². The van der Waals surface area contributed by atoms with E-state index >= 15 is 0 Å². The normalized spacial score (nSPS) is 17.5. The van der Waals surface area contributed by atoms with Crippen molar-refractivity contribution in [2.45, 2.75) is 12.5 Å². The lowest BCUT2D eigenvalue weighted by Crippen LogP contribution is -2.56. The first-order valence-corrected chi connectivity index (χ1v) is 7.36. The van der Waals surface area contributed by atoms with Gasteiger partial charge in [0.05, 0.1) is 19.8 Å². The Balaban J connectivity index is 1.97. The average Bonchev–Trinajstić information content (AvgIpc) is 2.56. The molecule has 0 saturated carbocycles. The van der Waals surface area contributed by atoms with E-state index in [1.807, 2.05) is 0 Å². The Kier molecular flexibility index (Phi) is 5.67. The fourth-order valence-electron chi connectivity index (χ4n) is 2.59. The van der Waals surface area contributed by atoms with Gasteiger partial charge in [0.15, 0.2) is 11.5 Å². The quantitative estimate of drug-likeness (QED) is 0.848. The Morgan fingerprint density at radius 2 is 1.96 bits per heavy atom. The third kappa shape index (κ3) is 3.98. The maximum Gasteiger partial charge on any atom is 0.407 e. The molecule has 2 N–H and O–H groups in total. The summed E-state index contributed by atoms with van der Waals surface area (Å²) in [6.45, 7) is 0.334. The Morgan fingerprint density at radius 3 is 2.58 bits per heavy atom. The van der Waals surface area contributed by atoms with E-state index in [2.05, 4.69) is 0 Å². The van der Waals surface area contributed by atoms with Crippen molar-refractivity contribution in [1.82, 2.24) is 9.80 Å². The summed E-state index contributed by atoms with van der Waals surface area (Å²) < 4.78 is 24.2. The molecular formula is C15H19FN2O6. The SMILES string of the molecule is COc1cccc(OCC[C@@H]2CN(C(=O)O)CCN2C(=O)O)c1F. The zero-order chi connectivity index (χ0) is 17.7. The summed E-state index contributed by atoms with van der Waals surface area (Å²) in [5, 5.41) is 18.2. The van der Waals surface area contributed by atoms with Crippen molar-refractivity contribution in [3.8, 4) is 11.5 Å². The number of benzene rings is 1. The van der Waals surface area contributed by atoms with Crippen LogP contribution >= 0.6 is 0 Å². The molecule has 1 fully saturated rings. The Morgan fingerprint density at radius 1 is 1.25 bits per heavy atom. The molecule has 1 atom stereocenters. The van der Waals surface area contributed by atoms with Crippen LogP contribution in [0, 0.1) is 5.82 Å². The molecule has 1 aliphatic heterocycles. The first-order chi connectivity index (χ1) is 11.4. The van der Waals surface area contributed by atoms with Crippen LogP contribution in [0.2, 0.25) is 0 Å². The van der Waals surface area contributed by atoms with Gasteiger partial charge in [0.1, 0.15) is 0 Å². The number of rotatable bonds is 5. The van der Waals surface area contributed by atoms with Gasteiger partial charge in [-0.1, -0.05) is 6.07 Å². The molecule has 8 nitrogen and oxygen atoms in total. The number of halogens is 1. The highest BCUT2D eigenvalue weighted by atomic mass is 19.1. The standard InChI is InChI=1S/C15H19FN2O6/c1-23-11-3-2-4-12(13(11)16)24-8-5-10-9-17(14(19)20)6-7-18(10)15(21)22/h2-4,10H,5-9H2,1H3,(H,19,20)(H,21,22)/t10-/m1/s1. The molecule has 9 heteroatoms. The smallest absolute Gasteiger partial charge is 0.407 e. The van der Waals surface area contributed by atoms with Crippen LogP contribution in [-0.4, -0.2) is 71.6 Å². The lowest BCUT2D eigenvalue weighted by Gasteiger charge is -2.38. The zero-order valence-electron chi connectivity index (χ0n) is 13.1. The fourth-order valence-corrected chi connectivity index (χ4v) is 2.59. The molecule has 0 radical (unpaired) electrons. The molecule has 2 amide bonds. The third-order valence-electron chi connectivity index (χ3n) is 3.86. The van der Waals surface area contributed by atoms with E-state index < -0.39 is 24.0 Å². The van der Waals surface area contributed by atoms with Crippen molar-refractivity contribution < 1.29 is 33.7 Å². The number of ether oxygens (including phenoxy) is 2. The molecule has 2 rings (SSSR count). The topological polar surface area (TPSA) is 99.5 Å². The molecular weight excluding hydrogens is 323 g/mol. The number of hydrogen-bond acceptors (Lipinski definition) is 4. The highest BCUT2D eigenvalue weighted by molar-refractivity contribution is 5.68. The molecule has 0 aliphatic carbocycles. The zero-order valence-corrected chi connectivity index (χ0v) is 13.1. The first-order valence-electron chi connectivity index (χ1n) is 7.36. The van der Waals surface area contributed by atoms with Gasteiger partial charge in [0.25, 0.3) is 0 Å². The number of nitrogens with zero attached hydrogens (tertiary/aromatic N) is 2. The summed E-state index contributed by atoms with van der Waals surface area (Å²) in [6.07, 6.45) is -1.96. The number of carboxylic acid groups (broad SMARTS) is 2. The van der Waals surface area contributed by atoms with Crippen LogP contribution in [0.3, 0.4) is 0 Å². The van der Waals surface area contributed by atoms with Crippen molar-refractivity contribution in [3.05, 3.63) is 24.0 Å². The average molecular weight is 342 g/mol. The molecule has 0 aromatic heterocycles. The van der Waals surface area contributed by atoms with Gasteiger partial charge < -0.3 is 29.5 Å². The van der Waals surface area contributed by atoms with Crippen molar-refractivity contribution in [2.24, 2.45) is 0 Å². The van der Waals surface area contributed by atoms with Gasteiger partial charge in [-0.15, -0.1) is 0 Å². The highest BCUT2D eigenvalue weighted by Crippen LogP contribution is 2.26. The first kappa shape index (κ1) is 17.6. The Hall–Kier alpha value is -2.71. The van der Waals surface area contributed by atoms with Gasteiger partial charge in [-0.2, -0.15) is 4.39 Å². The minimum absolute atomic E-state index is 0.00197. The Labute approximate surface area is 138 Å². The van der Waals surface area contributed by atoms with E-state index in [0.29, 0.717) is 0 Å². The van der Waals surface area contributed by atoms with Crippen LogP contribution in [0.1, 0.15) is 6.42 Å². The van der Waals surface area contributed by atoms with Gasteiger partial charge in [0, 0.05) is 26.1 Å². The second-order valence-electron chi connectivity index (χ2n) is 5.27. The molecule has 24 heavy (non-hydrogen) atoms. The predicted octanol–water partition coefficient (Wildman–Crippen LogP) is 1.95. The summed E-state index contributed by atoms with van der Waals surface area (Å²) in [4.78, 5) is 24.7. The van der Waals surface area contributed by atoms with Crippen LogP contribution in [0.25, 0.3) is 0 Å². The van der Waals surface area contributed by atoms with E-state index in [0.717, 1.165) is 4.90 Å². The van der Waals surface area contributed by atoms with Crippen LogP contribution in [0.4, 0.5) is 14.0 Å². The summed E-state index contributed by atoms with van der Waals surface area (Å²) in [6, 6.07) is 3.94. The van der Waals surface area contributed by atoms with Crippen LogP contribution < -0.4 is 9.47 Å². The number of amides is 2. The maximum atomic E-state index is 14.0. The van der Waals surface area contributed by atoms with Crippen molar-refractivity contribution in [3.63, 3.8) is 0 Å². The molecule has 1 saturated heterocycles. The summed E-state index contributed by atoms with van der Waals surface area (Å²) in [7, 11) is 1.34. The number of carbonyl (C=O) groups is 2. The minimum Gasteiger partial charge on any atom is -0.494 e. The largest absolute Gasteiger partial charge is 0.494 e. The molecule has 1 aliphatic rings. The molecule has 0 unspecified atom stereocenters. The van der Waals surface area contributed by atoms with E-state index in [9.17, 15) is 19.1 Å². The molecule has 0 bridgehead atoms. The van der Waals surface area contributed by atoms with Crippen LogP contribution in [-0.2, 0) is 0 Å². The van der Waals surface area contributed by atoms with Gasteiger partial charge in [-0.05, 0) is 12.1 Å². The minimum atomic E-state index is -1.11. The molecule has 0 spiro atoms. The maximum absolute atomic E-state index is 14.0. The van der Waals surface area contributed by atoms with E-state index in [-0.39, 0.29) is 44.2 Å². The highest BCUT2D eigenvalue weighted by Gasteiger charge is 2.32. The van der Waals surface area contributed by atoms with Crippen molar-refractivity contribution in [1.29, 1.82) is 0 Å². The van der Waals surface area contributed by atoms with Crippen LogP contribution in [0.15, 0.2) is 18.2 Å². The third-order valence-corrected chi connectivity index (χ3v) is 3.86. The van der Waals surface area contributed by atoms with E-state index in [1.165, 1.54) is 24.1 Å². The summed E-state index contributed by atoms with van der Waals surface area (Å²) in [5.74, 6) is -0.581. The molecule has 1 heterocycles. The van der Waals surface area contributed by atoms with Gasteiger partial charge in [-0.3, -0.25) is 0 Å².